The molecule has 0 unspecified atom stereocenters. The first-order valence-electron chi connectivity index (χ1n) is 15.6. The van der Waals surface area contributed by atoms with Crippen molar-refractivity contribution in [3.05, 3.63) is 87.8 Å². The lowest BCUT2D eigenvalue weighted by Crippen LogP contribution is -2.48. The molecule has 9 heteroatoms. The van der Waals surface area contributed by atoms with E-state index in [0.717, 1.165) is 52.5 Å². The highest BCUT2D eigenvalue weighted by molar-refractivity contribution is 7.21. The molecule has 1 saturated carbocycles. The van der Waals surface area contributed by atoms with Crippen LogP contribution in [0.5, 0.6) is 5.75 Å². The number of carboxylic acid groups (broad SMARTS) is 1. The Kier molecular flexibility index (Phi) is 10.1. The van der Waals surface area contributed by atoms with E-state index in [2.05, 4.69) is 0 Å². The molecule has 0 saturated heterocycles. The summed E-state index contributed by atoms with van der Waals surface area (Å²) in [6.07, 6.45) is 2.23. The summed E-state index contributed by atoms with van der Waals surface area (Å²) >= 11 is 8.25. The Morgan fingerprint density at radius 3 is 2.20 bits per heavy atom. The van der Waals surface area contributed by atoms with Crippen LogP contribution >= 0.6 is 22.9 Å². The summed E-state index contributed by atoms with van der Waals surface area (Å²) < 4.78 is 6.74. The van der Waals surface area contributed by atoms with E-state index >= 15 is 0 Å². The van der Waals surface area contributed by atoms with Crippen LogP contribution in [-0.2, 0) is 6.54 Å². The summed E-state index contributed by atoms with van der Waals surface area (Å²) in [5.41, 5.74) is 2.95. The second-order valence-corrected chi connectivity index (χ2v) is 14.5. The molecule has 7 nitrogen and oxygen atoms in total. The van der Waals surface area contributed by atoms with Gasteiger partial charge in [0.25, 0.3) is 5.91 Å². The molecule has 1 heterocycles. The van der Waals surface area contributed by atoms with Crippen LogP contribution in [0.2, 0.25) is 5.02 Å². The van der Waals surface area contributed by atoms with Crippen molar-refractivity contribution in [3.8, 4) is 16.9 Å². The zero-order valence-corrected chi connectivity index (χ0v) is 28.6. The SMILES string of the molecule is COc1ccc(-c2ccc(C(C)=O)cc2)cc1CN(C(=O)c1sc2ccccc2c1Cl)C1CCC(CN(C(=O)O)C(C)(C)C)CC1. The average molecular weight is 661 g/mol. The van der Waals surface area contributed by atoms with Gasteiger partial charge in [0.1, 0.15) is 10.6 Å². The third-order valence-corrected chi connectivity index (χ3v) is 10.6. The number of ether oxygens (including phenoxy) is 1. The Labute approximate surface area is 279 Å². The van der Waals surface area contributed by atoms with Crippen LogP contribution in [0.15, 0.2) is 66.7 Å². The lowest BCUT2D eigenvalue weighted by molar-refractivity contribution is 0.0535. The molecule has 1 aliphatic rings. The number of fused-ring (bicyclic) bond motifs is 1. The molecule has 0 aliphatic heterocycles. The molecule has 0 spiro atoms. The lowest BCUT2D eigenvalue weighted by Gasteiger charge is -2.40. The molecule has 242 valence electrons. The molecule has 1 aromatic heterocycles. The number of rotatable bonds is 9. The number of ketones is 1. The molecule has 0 bridgehead atoms. The molecular weight excluding hydrogens is 620 g/mol. The minimum Gasteiger partial charge on any atom is -0.496 e. The summed E-state index contributed by atoms with van der Waals surface area (Å²) in [6.45, 7) is 8.10. The monoisotopic (exact) mass is 660 g/mol. The van der Waals surface area contributed by atoms with E-state index in [9.17, 15) is 19.5 Å². The molecule has 0 atom stereocenters. The van der Waals surface area contributed by atoms with Gasteiger partial charge in [-0.15, -0.1) is 11.3 Å². The van der Waals surface area contributed by atoms with Crippen molar-refractivity contribution in [2.45, 2.75) is 71.5 Å². The van der Waals surface area contributed by atoms with Crippen LogP contribution in [0, 0.1) is 5.92 Å². The lowest BCUT2D eigenvalue weighted by atomic mass is 9.84. The molecule has 3 aromatic carbocycles. The summed E-state index contributed by atoms with van der Waals surface area (Å²) in [5, 5.41) is 11.2. The quantitative estimate of drug-likeness (QED) is 0.181. The molecule has 0 radical (unpaired) electrons. The smallest absolute Gasteiger partial charge is 0.407 e. The van der Waals surface area contributed by atoms with Gasteiger partial charge in [0.2, 0.25) is 0 Å². The molecule has 1 N–H and O–H groups in total. The van der Waals surface area contributed by atoms with Crippen molar-refractivity contribution in [2.75, 3.05) is 13.7 Å². The molecule has 2 amide bonds. The summed E-state index contributed by atoms with van der Waals surface area (Å²) in [4.78, 5) is 42.3. The Morgan fingerprint density at radius 1 is 0.957 bits per heavy atom. The number of hydrogen-bond acceptors (Lipinski definition) is 5. The van der Waals surface area contributed by atoms with Crippen molar-refractivity contribution in [1.82, 2.24) is 9.80 Å². The maximum atomic E-state index is 14.5. The van der Waals surface area contributed by atoms with Crippen molar-refractivity contribution < 1.29 is 24.2 Å². The van der Waals surface area contributed by atoms with Gasteiger partial charge in [0, 0.05) is 45.9 Å². The van der Waals surface area contributed by atoms with Crippen LogP contribution in [0.25, 0.3) is 21.2 Å². The number of nitrogens with zero attached hydrogens (tertiary/aromatic N) is 2. The topological polar surface area (TPSA) is 87.2 Å². The Balaban J connectivity index is 1.46. The minimum atomic E-state index is -0.909. The van der Waals surface area contributed by atoms with E-state index in [1.807, 2.05) is 92.4 Å². The second-order valence-electron chi connectivity index (χ2n) is 13.1. The third kappa shape index (κ3) is 7.24. The standard InChI is InChI=1S/C37H41ClN2O5S/c1-23(41)25-12-14-26(15-13-25)27-16-19-31(45-5)28(20-27)22-39(35(42)34-33(38)30-8-6-7-9-32(30)46-34)29-17-10-24(11-18-29)21-40(36(43)44)37(2,3)4/h6-9,12-16,19-20,24,29H,10-11,17-18,21-22H2,1-5H3,(H,43,44). The molecule has 4 aromatic rings. The number of Topliss-reactive ketones (excluding diaryl/α,β-unsaturated/α-hetero) is 1. The Bertz CT molecular complexity index is 1730. The summed E-state index contributed by atoms with van der Waals surface area (Å²) in [7, 11) is 1.63. The first-order valence-corrected chi connectivity index (χ1v) is 16.8. The molecular formula is C37H41ClN2O5S. The fourth-order valence-electron chi connectivity index (χ4n) is 6.35. The predicted octanol–water partition coefficient (Wildman–Crippen LogP) is 9.41. The fourth-order valence-corrected chi connectivity index (χ4v) is 7.82. The van der Waals surface area contributed by atoms with Crippen LogP contribution in [0.4, 0.5) is 4.79 Å². The Hall–Kier alpha value is -3.88. The van der Waals surface area contributed by atoms with E-state index < -0.39 is 11.6 Å². The molecule has 5 rings (SSSR count). The van der Waals surface area contributed by atoms with Crippen molar-refractivity contribution in [3.63, 3.8) is 0 Å². The van der Waals surface area contributed by atoms with Crippen LogP contribution in [0.1, 0.15) is 79.0 Å². The zero-order chi connectivity index (χ0) is 33.2. The van der Waals surface area contributed by atoms with E-state index in [-0.39, 0.29) is 23.7 Å². The fraction of sp³-hybridized carbons (Fsp3) is 0.378. The zero-order valence-electron chi connectivity index (χ0n) is 27.0. The maximum Gasteiger partial charge on any atom is 0.407 e. The summed E-state index contributed by atoms with van der Waals surface area (Å²) in [5.74, 6) is 0.794. The highest BCUT2D eigenvalue weighted by Crippen LogP contribution is 2.39. The van der Waals surface area contributed by atoms with Gasteiger partial charge in [-0.05, 0) is 88.6 Å². The van der Waals surface area contributed by atoms with Gasteiger partial charge in [0.05, 0.1) is 12.1 Å². The molecule has 46 heavy (non-hydrogen) atoms. The van der Waals surface area contributed by atoms with Gasteiger partial charge in [-0.25, -0.2) is 4.79 Å². The third-order valence-electron chi connectivity index (χ3n) is 8.97. The molecule has 1 fully saturated rings. The first kappa shape index (κ1) is 33.5. The van der Waals surface area contributed by atoms with E-state index in [4.69, 9.17) is 16.3 Å². The maximum absolute atomic E-state index is 14.5. The number of thiophene rings is 1. The first-order chi connectivity index (χ1) is 21.9. The van der Waals surface area contributed by atoms with Gasteiger partial charge in [-0.3, -0.25) is 9.59 Å². The second kappa shape index (κ2) is 13.9. The average Bonchev–Trinajstić information content (AvgIpc) is 3.38. The number of benzene rings is 3. The van der Waals surface area contributed by atoms with E-state index in [1.54, 1.807) is 14.0 Å². The van der Waals surface area contributed by atoms with Crippen LogP contribution < -0.4 is 4.74 Å². The van der Waals surface area contributed by atoms with Crippen molar-refractivity contribution in [1.29, 1.82) is 0 Å². The summed E-state index contributed by atoms with van der Waals surface area (Å²) in [6, 6.07) is 21.2. The minimum absolute atomic E-state index is 0.0137. The van der Waals surface area contributed by atoms with Gasteiger partial charge in [-0.2, -0.15) is 0 Å². The van der Waals surface area contributed by atoms with E-state index in [1.165, 1.54) is 16.2 Å². The molecule has 1 aliphatic carbocycles. The number of halogens is 1. The van der Waals surface area contributed by atoms with Gasteiger partial charge in [0.15, 0.2) is 5.78 Å². The number of hydrogen-bond donors (Lipinski definition) is 1. The number of amides is 2. The van der Waals surface area contributed by atoms with Crippen molar-refractivity contribution >= 4 is 50.8 Å². The normalized spacial score (nSPS) is 16.7. The van der Waals surface area contributed by atoms with Crippen LogP contribution in [-0.4, -0.2) is 57.9 Å². The van der Waals surface area contributed by atoms with Gasteiger partial charge >= 0.3 is 6.09 Å². The number of carbonyl (C=O) groups is 3. The number of methoxy groups -OCH3 is 1. The Morgan fingerprint density at radius 2 is 1.61 bits per heavy atom. The highest BCUT2D eigenvalue weighted by Gasteiger charge is 2.35. The van der Waals surface area contributed by atoms with Gasteiger partial charge < -0.3 is 19.6 Å². The number of carbonyl (C=O) groups excluding carboxylic acids is 2. The van der Waals surface area contributed by atoms with Crippen LogP contribution in [0.3, 0.4) is 0 Å². The van der Waals surface area contributed by atoms with Crippen molar-refractivity contribution in [2.24, 2.45) is 5.92 Å². The predicted molar refractivity (Wildman–Crippen MR) is 185 cm³/mol. The van der Waals surface area contributed by atoms with Gasteiger partial charge in [-0.1, -0.05) is 60.1 Å². The van der Waals surface area contributed by atoms with E-state index in [0.29, 0.717) is 34.3 Å². The largest absolute Gasteiger partial charge is 0.496 e. The highest BCUT2D eigenvalue weighted by atomic mass is 35.5.